The maximum atomic E-state index is 12.3. The molecule has 0 unspecified atom stereocenters. The van der Waals surface area contributed by atoms with Gasteiger partial charge in [-0.1, -0.05) is 12.1 Å². The minimum atomic E-state index is -4.40. The summed E-state index contributed by atoms with van der Waals surface area (Å²) in [6.45, 7) is 1.23. The highest BCUT2D eigenvalue weighted by molar-refractivity contribution is 5.93. The van der Waals surface area contributed by atoms with Gasteiger partial charge in [0, 0.05) is 0 Å². The fraction of sp³-hybridized carbons (Fsp3) is 0.308. The van der Waals surface area contributed by atoms with Crippen LogP contribution in [0.3, 0.4) is 0 Å². The van der Waals surface area contributed by atoms with Gasteiger partial charge in [0.15, 0.2) is 0 Å². The van der Waals surface area contributed by atoms with Gasteiger partial charge in [0.2, 0.25) is 0 Å². The van der Waals surface area contributed by atoms with Crippen molar-refractivity contribution in [2.75, 3.05) is 13.2 Å². The van der Waals surface area contributed by atoms with Gasteiger partial charge >= 0.3 is 12.1 Å². The van der Waals surface area contributed by atoms with Gasteiger partial charge in [-0.05, 0) is 30.7 Å². The summed E-state index contributed by atoms with van der Waals surface area (Å²) in [5.74, 6) is -0.690. The third-order valence-corrected chi connectivity index (χ3v) is 2.29. The van der Waals surface area contributed by atoms with E-state index in [0.717, 1.165) is 12.1 Å². The van der Waals surface area contributed by atoms with Crippen molar-refractivity contribution in [2.24, 2.45) is 0 Å². The van der Waals surface area contributed by atoms with Crippen molar-refractivity contribution < 1.29 is 27.8 Å². The van der Waals surface area contributed by atoms with E-state index in [1.54, 1.807) is 6.92 Å². The number of carbonyl (C=O) groups excluding carboxylic acids is 1. The molecule has 0 aliphatic heterocycles. The fourth-order valence-corrected chi connectivity index (χ4v) is 1.36. The van der Waals surface area contributed by atoms with Gasteiger partial charge in [0.25, 0.3) is 0 Å². The first-order chi connectivity index (χ1) is 8.88. The standard InChI is InChI=1S/C13H13F3O3/c1-2-19-12(18)10(8-17)7-9-3-5-11(6-4-9)13(14,15)16/h3-7,17H,2,8H2,1H3/b10-7+. The van der Waals surface area contributed by atoms with E-state index >= 15 is 0 Å². The number of aliphatic hydroxyl groups is 1. The Hall–Kier alpha value is -1.82. The molecular formula is C13H13F3O3. The van der Waals surface area contributed by atoms with Crippen molar-refractivity contribution >= 4 is 12.0 Å². The first-order valence-electron chi connectivity index (χ1n) is 5.54. The number of benzene rings is 1. The molecule has 19 heavy (non-hydrogen) atoms. The van der Waals surface area contributed by atoms with E-state index in [9.17, 15) is 18.0 Å². The Kier molecular flexibility index (Phi) is 5.11. The van der Waals surface area contributed by atoms with E-state index in [0.29, 0.717) is 5.56 Å². The zero-order valence-electron chi connectivity index (χ0n) is 10.2. The summed E-state index contributed by atoms with van der Waals surface area (Å²) in [5, 5.41) is 9.02. The summed E-state index contributed by atoms with van der Waals surface area (Å²) in [6.07, 6.45) is -3.11. The Morgan fingerprint density at radius 2 is 1.89 bits per heavy atom. The molecule has 0 aromatic heterocycles. The average molecular weight is 274 g/mol. The number of rotatable bonds is 4. The predicted molar refractivity (Wildman–Crippen MR) is 63.1 cm³/mol. The number of aliphatic hydroxyl groups excluding tert-OH is 1. The zero-order chi connectivity index (χ0) is 14.5. The molecule has 104 valence electrons. The van der Waals surface area contributed by atoms with E-state index in [1.165, 1.54) is 18.2 Å². The zero-order valence-corrected chi connectivity index (χ0v) is 10.2. The Balaban J connectivity index is 2.94. The second-order valence-corrected chi connectivity index (χ2v) is 3.67. The number of esters is 1. The van der Waals surface area contributed by atoms with E-state index in [1.807, 2.05) is 0 Å². The van der Waals surface area contributed by atoms with Gasteiger partial charge in [-0.2, -0.15) is 13.2 Å². The molecule has 0 radical (unpaired) electrons. The van der Waals surface area contributed by atoms with Crippen LogP contribution in [0.4, 0.5) is 13.2 Å². The lowest BCUT2D eigenvalue weighted by atomic mass is 10.1. The van der Waals surface area contributed by atoms with Crippen LogP contribution in [0.5, 0.6) is 0 Å². The Labute approximate surface area is 108 Å². The molecule has 0 bridgehead atoms. The maximum absolute atomic E-state index is 12.3. The van der Waals surface area contributed by atoms with Gasteiger partial charge in [0.1, 0.15) is 0 Å². The number of carbonyl (C=O) groups is 1. The number of hydrogen-bond donors (Lipinski definition) is 1. The highest BCUT2D eigenvalue weighted by Gasteiger charge is 2.29. The quantitative estimate of drug-likeness (QED) is 0.678. The summed E-state index contributed by atoms with van der Waals surface area (Å²) in [4.78, 5) is 11.4. The van der Waals surface area contributed by atoms with E-state index in [4.69, 9.17) is 9.84 Å². The van der Waals surface area contributed by atoms with Crippen LogP contribution in [0.15, 0.2) is 29.8 Å². The van der Waals surface area contributed by atoms with Crippen LogP contribution < -0.4 is 0 Å². The van der Waals surface area contributed by atoms with Crippen molar-refractivity contribution in [3.05, 3.63) is 41.0 Å². The molecule has 0 aliphatic carbocycles. The van der Waals surface area contributed by atoms with Crippen LogP contribution in [0, 0.1) is 0 Å². The summed E-state index contributed by atoms with van der Waals surface area (Å²) in [5.41, 5.74) is -0.405. The lowest BCUT2D eigenvalue weighted by Crippen LogP contribution is -2.10. The van der Waals surface area contributed by atoms with Crippen LogP contribution in [0.25, 0.3) is 6.08 Å². The average Bonchev–Trinajstić information content (AvgIpc) is 2.35. The normalized spacial score (nSPS) is 12.4. The Bertz CT molecular complexity index is 461. The first kappa shape index (κ1) is 15.2. The molecule has 1 N–H and O–H groups in total. The van der Waals surface area contributed by atoms with Crippen molar-refractivity contribution in [3.8, 4) is 0 Å². The number of ether oxygens (including phenoxy) is 1. The van der Waals surface area contributed by atoms with E-state index < -0.39 is 24.3 Å². The third-order valence-electron chi connectivity index (χ3n) is 2.29. The van der Waals surface area contributed by atoms with Crippen molar-refractivity contribution in [3.63, 3.8) is 0 Å². The topological polar surface area (TPSA) is 46.5 Å². The van der Waals surface area contributed by atoms with Crippen LogP contribution in [-0.4, -0.2) is 24.3 Å². The summed E-state index contributed by atoms with van der Waals surface area (Å²) in [6, 6.07) is 4.26. The van der Waals surface area contributed by atoms with Crippen LogP contribution in [0.1, 0.15) is 18.1 Å². The van der Waals surface area contributed by atoms with Gasteiger partial charge in [-0.25, -0.2) is 4.79 Å². The largest absolute Gasteiger partial charge is 0.463 e. The number of alkyl halides is 3. The second-order valence-electron chi connectivity index (χ2n) is 3.67. The monoisotopic (exact) mass is 274 g/mol. The third kappa shape index (κ3) is 4.40. The molecule has 1 rings (SSSR count). The molecule has 0 atom stereocenters. The van der Waals surface area contributed by atoms with E-state index in [-0.39, 0.29) is 12.2 Å². The fourth-order valence-electron chi connectivity index (χ4n) is 1.36. The summed E-state index contributed by atoms with van der Waals surface area (Å²) >= 11 is 0. The number of halogens is 3. The summed E-state index contributed by atoms with van der Waals surface area (Å²) in [7, 11) is 0. The lowest BCUT2D eigenvalue weighted by Gasteiger charge is -2.07. The highest BCUT2D eigenvalue weighted by Crippen LogP contribution is 2.29. The molecule has 1 aromatic rings. The van der Waals surface area contributed by atoms with Gasteiger partial charge in [0.05, 0.1) is 24.4 Å². The Morgan fingerprint density at radius 1 is 1.32 bits per heavy atom. The SMILES string of the molecule is CCOC(=O)/C(=C/c1ccc(C(F)(F)F)cc1)CO. The van der Waals surface area contributed by atoms with Crippen molar-refractivity contribution in [2.45, 2.75) is 13.1 Å². The second kappa shape index (κ2) is 6.38. The van der Waals surface area contributed by atoms with Crippen molar-refractivity contribution in [1.29, 1.82) is 0 Å². The minimum Gasteiger partial charge on any atom is -0.463 e. The molecule has 0 saturated heterocycles. The first-order valence-corrected chi connectivity index (χ1v) is 5.54. The molecule has 0 fully saturated rings. The smallest absolute Gasteiger partial charge is 0.416 e. The molecule has 0 aliphatic rings. The van der Waals surface area contributed by atoms with Crippen molar-refractivity contribution in [1.82, 2.24) is 0 Å². The molecule has 0 spiro atoms. The molecule has 0 saturated carbocycles. The predicted octanol–water partition coefficient (Wildman–Crippen LogP) is 2.64. The molecule has 0 amide bonds. The van der Waals surface area contributed by atoms with Crippen LogP contribution >= 0.6 is 0 Å². The number of hydrogen-bond acceptors (Lipinski definition) is 3. The molecular weight excluding hydrogens is 261 g/mol. The van der Waals surface area contributed by atoms with Crippen LogP contribution in [-0.2, 0) is 15.7 Å². The molecule has 1 aromatic carbocycles. The molecule has 3 nitrogen and oxygen atoms in total. The molecule has 6 heteroatoms. The Morgan fingerprint density at radius 3 is 2.32 bits per heavy atom. The highest BCUT2D eigenvalue weighted by atomic mass is 19.4. The minimum absolute atomic E-state index is 0.0124. The lowest BCUT2D eigenvalue weighted by molar-refractivity contribution is -0.139. The van der Waals surface area contributed by atoms with E-state index in [2.05, 4.69) is 0 Å². The summed E-state index contributed by atoms with van der Waals surface area (Å²) < 4.78 is 41.7. The van der Waals surface area contributed by atoms with Gasteiger partial charge in [-0.3, -0.25) is 0 Å². The van der Waals surface area contributed by atoms with Gasteiger partial charge in [-0.15, -0.1) is 0 Å². The van der Waals surface area contributed by atoms with Gasteiger partial charge < -0.3 is 9.84 Å². The maximum Gasteiger partial charge on any atom is 0.416 e. The molecule has 0 heterocycles. The van der Waals surface area contributed by atoms with Crippen LogP contribution in [0.2, 0.25) is 0 Å².